The summed E-state index contributed by atoms with van der Waals surface area (Å²) in [6.45, 7) is 7.90. The summed E-state index contributed by atoms with van der Waals surface area (Å²) in [6, 6.07) is 0.210. The second-order valence-electron chi connectivity index (χ2n) is 5.25. The van der Waals surface area contributed by atoms with Crippen molar-refractivity contribution in [1.29, 1.82) is 0 Å². The van der Waals surface area contributed by atoms with E-state index in [0.29, 0.717) is 5.92 Å². The molecule has 0 saturated carbocycles. The van der Waals surface area contributed by atoms with Gasteiger partial charge in [-0.15, -0.1) is 11.6 Å². The quantitative estimate of drug-likeness (QED) is 0.733. The number of carbonyl (C=O) groups excluding carboxylic acids is 2. The molecule has 104 valence electrons. The molecule has 1 aliphatic heterocycles. The van der Waals surface area contributed by atoms with Gasteiger partial charge < -0.3 is 9.80 Å². The van der Waals surface area contributed by atoms with Crippen LogP contribution in [0.2, 0.25) is 0 Å². The minimum Gasteiger partial charge on any atom is -0.341 e. The van der Waals surface area contributed by atoms with Crippen LogP contribution in [0, 0.1) is 5.92 Å². The van der Waals surface area contributed by atoms with Gasteiger partial charge in [-0.2, -0.15) is 0 Å². The zero-order chi connectivity index (χ0) is 13.7. The smallest absolute Gasteiger partial charge is 0.237 e. The fourth-order valence-corrected chi connectivity index (χ4v) is 2.68. The molecule has 1 rings (SSSR count). The van der Waals surface area contributed by atoms with Crippen LogP contribution in [0.1, 0.15) is 33.6 Å². The van der Waals surface area contributed by atoms with Crippen molar-refractivity contribution in [2.24, 2.45) is 5.92 Å². The number of hydrogen-bond acceptors (Lipinski definition) is 2. The van der Waals surface area contributed by atoms with E-state index in [1.54, 1.807) is 6.92 Å². The predicted molar refractivity (Wildman–Crippen MR) is 72.5 cm³/mol. The fourth-order valence-electron chi connectivity index (χ4n) is 2.51. The van der Waals surface area contributed by atoms with Crippen LogP contribution in [-0.2, 0) is 9.59 Å². The molecule has 1 heterocycles. The predicted octanol–water partition coefficient (Wildman–Crippen LogP) is 1.72. The van der Waals surface area contributed by atoms with Crippen LogP contribution >= 0.6 is 11.6 Å². The lowest BCUT2D eigenvalue weighted by Gasteiger charge is -2.36. The highest BCUT2D eigenvalue weighted by Gasteiger charge is 2.26. The number of nitrogens with zero attached hydrogens (tertiary/aromatic N) is 2. The topological polar surface area (TPSA) is 40.6 Å². The number of hydrogen-bond donors (Lipinski definition) is 0. The number of rotatable bonds is 4. The average Bonchev–Trinajstić information content (AvgIpc) is 2.34. The Morgan fingerprint density at radius 2 is 2.11 bits per heavy atom. The summed E-state index contributed by atoms with van der Waals surface area (Å²) < 4.78 is 0. The maximum atomic E-state index is 11.6. The zero-order valence-electron chi connectivity index (χ0n) is 11.5. The van der Waals surface area contributed by atoms with Crippen molar-refractivity contribution in [3.8, 4) is 0 Å². The maximum absolute atomic E-state index is 11.6. The van der Waals surface area contributed by atoms with Crippen molar-refractivity contribution < 1.29 is 9.59 Å². The molecule has 4 nitrogen and oxygen atoms in total. The van der Waals surface area contributed by atoms with Crippen molar-refractivity contribution in [2.45, 2.75) is 39.7 Å². The molecule has 0 aromatic rings. The highest BCUT2D eigenvalue weighted by atomic mass is 35.5. The third-order valence-corrected chi connectivity index (χ3v) is 3.70. The fraction of sp³-hybridized carbons (Fsp3) is 0.846. The number of likely N-dealkylation sites (tertiary alicyclic amines) is 1. The first-order chi connectivity index (χ1) is 8.45. The molecule has 18 heavy (non-hydrogen) atoms. The number of carbonyl (C=O) groups is 2. The molecule has 5 heteroatoms. The van der Waals surface area contributed by atoms with Gasteiger partial charge in [-0.1, -0.05) is 0 Å². The van der Waals surface area contributed by atoms with Gasteiger partial charge >= 0.3 is 0 Å². The van der Waals surface area contributed by atoms with Crippen LogP contribution in [0.15, 0.2) is 0 Å². The van der Waals surface area contributed by atoms with E-state index in [1.807, 2.05) is 23.6 Å². The molecule has 0 aromatic carbocycles. The van der Waals surface area contributed by atoms with Gasteiger partial charge in [0.05, 0.1) is 0 Å². The minimum atomic E-state index is 0.000267. The van der Waals surface area contributed by atoms with Crippen LogP contribution in [0.4, 0.5) is 0 Å². The van der Waals surface area contributed by atoms with E-state index in [9.17, 15) is 9.59 Å². The first-order valence-electron chi connectivity index (χ1n) is 6.56. The first kappa shape index (κ1) is 15.3. The minimum absolute atomic E-state index is 0.000267. The summed E-state index contributed by atoms with van der Waals surface area (Å²) in [5.41, 5.74) is 0. The van der Waals surface area contributed by atoms with E-state index in [4.69, 9.17) is 11.6 Å². The average molecular weight is 275 g/mol. The SMILES string of the molecule is CC(=O)N(C[C@H]1CCCN(C(=O)CCl)C1)C(C)C. The number of alkyl halides is 1. The van der Waals surface area contributed by atoms with E-state index < -0.39 is 0 Å². The zero-order valence-corrected chi connectivity index (χ0v) is 12.2. The molecule has 2 amide bonds. The number of piperidine rings is 1. The molecule has 0 aliphatic carbocycles. The molecule has 0 aromatic heterocycles. The molecule has 0 unspecified atom stereocenters. The van der Waals surface area contributed by atoms with Crippen molar-refractivity contribution in [3.63, 3.8) is 0 Å². The molecule has 0 spiro atoms. The van der Waals surface area contributed by atoms with Gasteiger partial charge in [-0.05, 0) is 32.6 Å². The largest absolute Gasteiger partial charge is 0.341 e. The van der Waals surface area contributed by atoms with E-state index in [-0.39, 0.29) is 23.7 Å². The lowest BCUT2D eigenvalue weighted by Crippen LogP contribution is -2.46. The first-order valence-corrected chi connectivity index (χ1v) is 7.10. The van der Waals surface area contributed by atoms with Crippen LogP contribution < -0.4 is 0 Å². The molecular weight excluding hydrogens is 252 g/mol. The number of halogens is 1. The molecule has 0 N–H and O–H groups in total. The van der Waals surface area contributed by atoms with Gasteiger partial charge in [-0.25, -0.2) is 0 Å². The Balaban J connectivity index is 2.56. The molecule has 1 aliphatic rings. The summed E-state index contributed by atoms with van der Waals surface area (Å²) in [4.78, 5) is 26.8. The lowest BCUT2D eigenvalue weighted by molar-refractivity contribution is -0.132. The summed E-state index contributed by atoms with van der Waals surface area (Å²) in [6.07, 6.45) is 2.07. The second-order valence-corrected chi connectivity index (χ2v) is 5.51. The summed E-state index contributed by atoms with van der Waals surface area (Å²) in [5, 5.41) is 0. The van der Waals surface area contributed by atoms with E-state index in [0.717, 1.165) is 32.5 Å². The highest BCUT2D eigenvalue weighted by molar-refractivity contribution is 6.27. The standard InChI is InChI=1S/C13H23ClN2O2/c1-10(2)16(11(3)17)9-12-5-4-6-15(8-12)13(18)7-14/h10,12H,4-9H2,1-3H3/t12-/m0/s1. The molecule has 1 fully saturated rings. The van der Waals surface area contributed by atoms with Crippen LogP contribution in [0.3, 0.4) is 0 Å². The third-order valence-electron chi connectivity index (χ3n) is 3.47. The monoisotopic (exact) mass is 274 g/mol. The van der Waals surface area contributed by atoms with Crippen molar-refractivity contribution >= 4 is 23.4 Å². The van der Waals surface area contributed by atoms with Crippen LogP contribution in [0.25, 0.3) is 0 Å². The van der Waals surface area contributed by atoms with Gasteiger partial charge in [-0.3, -0.25) is 9.59 Å². The maximum Gasteiger partial charge on any atom is 0.237 e. The van der Waals surface area contributed by atoms with Gasteiger partial charge in [0.1, 0.15) is 5.88 Å². The Morgan fingerprint density at radius 3 is 2.61 bits per heavy atom. The van der Waals surface area contributed by atoms with Crippen LogP contribution in [0.5, 0.6) is 0 Å². The molecule has 1 saturated heterocycles. The van der Waals surface area contributed by atoms with Crippen LogP contribution in [-0.4, -0.2) is 53.2 Å². The lowest BCUT2D eigenvalue weighted by atomic mass is 9.97. The van der Waals surface area contributed by atoms with Crippen molar-refractivity contribution in [2.75, 3.05) is 25.5 Å². The van der Waals surface area contributed by atoms with Gasteiger partial charge in [0.25, 0.3) is 0 Å². The molecule has 0 radical (unpaired) electrons. The van der Waals surface area contributed by atoms with E-state index in [2.05, 4.69) is 0 Å². The van der Waals surface area contributed by atoms with Gasteiger partial charge in [0.2, 0.25) is 11.8 Å². The highest BCUT2D eigenvalue weighted by Crippen LogP contribution is 2.19. The summed E-state index contributed by atoms with van der Waals surface area (Å²) in [5.74, 6) is 0.524. The van der Waals surface area contributed by atoms with E-state index in [1.165, 1.54) is 0 Å². The Kier molecular flexibility index (Phi) is 5.93. The van der Waals surface area contributed by atoms with Crippen molar-refractivity contribution in [3.05, 3.63) is 0 Å². The molecule has 0 bridgehead atoms. The Bertz CT molecular complexity index is 307. The summed E-state index contributed by atoms with van der Waals surface area (Å²) in [7, 11) is 0. The normalized spacial score (nSPS) is 20.1. The Hall–Kier alpha value is -0.770. The van der Waals surface area contributed by atoms with Gasteiger partial charge in [0, 0.05) is 32.6 Å². The summed E-state index contributed by atoms with van der Waals surface area (Å²) >= 11 is 5.58. The van der Waals surface area contributed by atoms with Crippen molar-refractivity contribution in [1.82, 2.24) is 9.80 Å². The Morgan fingerprint density at radius 1 is 1.44 bits per heavy atom. The number of amides is 2. The second kappa shape index (κ2) is 6.98. The molecule has 1 atom stereocenters. The van der Waals surface area contributed by atoms with Gasteiger partial charge in [0.15, 0.2) is 0 Å². The third kappa shape index (κ3) is 4.16. The molecular formula is C13H23ClN2O2. The Labute approximate surface area is 114 Å². The van der Waals surface area contributed by atoms with E-state index >= 15 is 0 Å².